The van der Waals surface area contributed by atoms with Gasteiger partial charge in [0, 0.05) is 27.2 Å². The van der Waals surface area contributed by atoms with Gasteiger partial charge in [-0.25, -0.2) is 0 Å². The number of aromatic nitrogens is 2. The third kappa shape index (κ3) is 6.27. The zero-order valence-corrected chi connectivity index (χ0v) is 42.8. The lowest BCUT2D eigenvalue weighted by atomic mass is 9.66. The molecule has 0 fully saturated rings. The highest BCUT2D eigenvalue weighted by Gasteiger charge is 2.48. The van der Waals surface area contributed by atoms with Gasteiger partial charge in [-0.1, -0.05) is 261 Å². The molecule has 0 saturated carbocycles. The van der Waals surface area contributed by atoms with Gasteiger partial charge >= 0.3 is 0 Å². The molecule has 76 heavy (non-hydrogen) atoms. The van der Waals surface area contributed by atoms with E-state index in [4.69, 9.17) is 0 Å². The Hall–Kier alpha value is -9.54. The zero-order chi connectivity index (χ0) is 50.2. The predicted molar refractivity (Wildman–Crippen MR) is 321 cm³/mol. The van der Waals surface area contributed by atoms with Crippen molar-refractivity contribution in [3.63, 3.8) is 0 Å². The minimum Gasteiger partial charge on any atom is -0.309 e. The summed E-state index contributed by atoms with van der Waals surface area (Å²) < 4.78 is 5.05. The van der Waals surface area contributed by atoms with Crippen LogP contribution in [0.4, 0.5) is 0 Å². The number of para-hydroxylation sites is 2. The van der Waals surface area contributed by atoms with E-state index in [1.807, 2.05) is 0 Å². The summed E-state index contributed by atoms with van der Waals surface area (Å²) in [5, 5.41) is 10.3. The molecular weight excluding hydrogens is 933 g/mol. The number of hydrogen-bond acceptors (Lipinski definition) is 0. The minimum atomic E-state index is -2.82. The number of hydrogen-bond donors (Lipinski definition) is 0. The summed E-state index contributed by atoms with van der Waals surface area (Å²) in [7, 11) is -2.82. The number of fused-ring (bicyclic) bond motifs is 9. The first-order valence-electron chi connectivity index (χ1n) is 26.4. The molecule has 0 bridgehead atoms. The van der Waals surface area contributed by atoms with E-state index in [9.17, 15) is 0 Å². The first kappa shape index (κ1) is 44.0. The van der Waals surface area contributed by atoms with Crippen LogP contribution < -0.4 is 20.7 Å². The van der Waals surface area contributed by atoms with Crippen LogP contribution in [0.5, 0.6) is 0 Å². The minimum absolute atomic E-state index is 0.554. The summed E-state index contributed by atoms with van der Waals surface area (Å²) in [4.78, 5) is 0. The second-order valence-corrected chi connectivity index (χ2v) is 24.0. The van der Waals surface area contributed by atoms with Gasteiger partial charge in [-0.3, -0.25) is 0 Å². The van der Waals surface area contributed by atoms with Crippen molar-refractivity contribution in [2.24, 2.45) is 0 Å². The highest BCUT2D eigenvalue weighted by Crippen LogP contribution is 2.59. The summed E-state index contributed by atoms with van der Waals surface area (Å²) >= 11 is 0. The third-order valence-electron chi connectivity index (χ3n) is 16.5. The van der Waals surface area contributed by atoms with Crippen LogP contribution in [0.15, 0.2) is 303 Å². The van der Waals surface area contributed by atoms with Gasteiger partial charge in [0.25, 0.3) is 0 Å². The lowest BCUT2D eigenvalue weighted by Crippen LogP contribution is -2.74. The highest BCUT2D eigenvalue weighted by molar-refractivity contribution is 7.19. The molecule has 2 aromatic heterocycles. The fourth-order valence-electron chi connectivity index (χ4n) is 13.6. The Morgan fingerprint density at radius 3 is 1.30 bits per heavy atom. The second-order valence-electron chi connectivity index (χ2n) is 20.2. The van der Waals surface area contributed by atoms with Gasteiger partial charge in [0.05, 0.1) is 33.2 Å². The smallest absolute Gasteiger partial charge is 0.179 e. The van der Waals surface area contributed by atoms with Gasteiger partial charge < -0.3 is 9.13 Å². The van der Waals surface area contributed by atoms with E-state index in [1.54, 1.807) is 0 Å². The number of rotatable bonds is 9. The Balaban J connectivity index is 0.984. The predicted octanol–water partition coefficient (Wildman–Crippen LogP) is 15.3. The van der Waals surface area contributed by atoms with Crippen LogP contribution in [0.2, 0.25) is 0 Å². The molecular formula is C73H50N2Si. The highest BCUT2D eigenvalue weighted by atomic mass is 28.3. The molecule has 2 nitrogen and oxygen atoms in total. The molecule has 0 spiro atoms. The Morgan fingerprint density at radius 2 is 0.684 bits per heavy atom. The summed E-state index contributed by atoms with van der Waals surface area (Å²) in [5.41, 5.74) is 16.6. The molecule has 0 atom stereocenters. The zero-order valence-electron chi connectivity index (χ0n) is 41.8. The van der Waals surface area contributed by atoms with Crippen LogP contribution >= 0.6 is 0 Å². The van der Waals surface area contributed by atoms with Crippen LogP contribution in [0.1, 0.15) is 22.3 Å². The Bertz CT molecular complexity index is 4360. The van der Waals surface area contributed by atoms with Crippen molar-refractivity contribution in [3.05, 3.63) is 326 Å². The van der Waals surface area contributed by atoms with Crippen molar-refractivity contribution in [3.8, 4) is 33.6 Å². The molecule has 0 N–H and O–H groups in total. The third-order valence-corrected chi connectivity index (χ3v) is 21.3. The van der Waals surface area contributed by atoms with Crippen molar-refractivity contribution < 1.29 is 0 Å². The molecule has 1 aliphatic carbocycles. The maximum absolute atomic E-state index is 2.82. The fourth-order valence-corrected chi connectivity index (χ4v) is 18.4. The molecule has 12 aromatic carbocycles. The van der Waals surface area contributed by atoms with Crippen LogP contribution in [-0.4, -0.2) is 17.2 Å². The SMILES string of the molecule is c1ccc(C2(c3ccccc3)c3ccccc3-c3cccc(-c4cccc5c4c4ccccc4n5-c4cccc5c4c4ccccc4n5-c4cccc([Si](c5ccccc5)(c5ccccc5)c5ccccc5)c4)c32)cc1. The van der Waals surface area contributed by atoms with Crippen LogP contribution in [0.3, 0.4) is 0 Å². The van der Waals surface area contributed by atoms with Crippen molar-refractivity contribution in [1.82, 2.24) is 9.13 Å². The van der Waals surface area contributed by atoms with Gasteiger partial charge in [0.1, 0.15) is 0 Å². The quantitative estimate of drug-likeness (QED) is 0.101. The number of benzene rings is 12. The van der Waals surface area contributed by atoms with Gasteiger partial charge in [0.2, 0.25) is 0 Å². The normalized spacial score (nSPS) is 12.8. The molecule has 3 heteroatoms. The van der Waals surface area contributed by atoms with E-state index in [0.717, 1.165) is 11.4 Å². The molecule has 14 aromatic rings. The molecule has 0 amide bonds. The van der Waals surface area contributed by atoms with E-state index in [2.05, 4.69) is 312 Å². The number of nitrogens with zero attached hydrogens (tertiary/aromatic N) is 2. The van der Waals surface area contributed by atoms with Crippen molar-refractivity contribution >= 4 is 72.4 Å². The lowest BCUT2D eigenvalue weighted by molar-refractivity contribution is 0.770. The lowest BCUT2D eigenvalue weighted by Gasteiger charge is -2.35. The van der Waals surface area contributed by atoms with Crippen molar-refractivity contribution in [2.75, 3.05) is 0 Å². The van der Waals surface area contributed by atoms with E-state index < -0.39 is 13.5 Å². The van der Waals surface area contributed by atoms with E-state index in [0.29, 0.717) is 0 Å². The molecule has 356 valence electrons. The Kier molecular flexibility index (Phi) is 10.2. The summed E-state index contributed by atoms with van der Waals surface area (Å²) in [6, 6.07) is 113. The Labute approximate surface area is 443 Å². The van der Waals surface area contributed by atoms with Gasteiger partial charge in [0.15, 0.2) is 8.07 Å². The molecule has 0 unspecified atom stereocenters. The van der Waals surface area contributed by atoms with Crippen molar-refractivity contribution in [2.45, 2.75) is 5.41 Å². The maximum atomic E-state index is 2.54. The fraction of sp³-hybridized carbons (Fsp3) is 0.0137. The van der Waals surface area contributed by atoms with Gasteiger partial charge in [-0.15, -0.1) is 0 Å². The van der Waals surface area contributed by atoms with Crippen molar-refractivity contribution in [1.29, 1.82) is 0 Å². The molecule has 1 aliphatic rings. The first-order chi connectivity index (χ1) is 37.8. The largest absolute Gasteiger partial charge is 0.309 e. The van der Waals surface area contributed by atoms with Crippen LogP contribution in [0.25, 0.3) is 77.2 Å². The topological polar surface area (TPSA) is 9.86 Å². The molecule has 2 heterocycles. The molecule has 0 saturated heterocycles. The van der Waals surface area contributed by atoms with Gasteiger partial charge in [-0.2, -0.15) is 0 Å². The van der Waals surface area contributed by atoms with E-state index in [1.165, 1.54) is 109 Å². The van der Waals surface area contributed by atoms with E-state index in [-0.39, 0.29) is 0 Å². The van der Waals surface area contributed by atoms with Crippen LogP contribution in [0, 0.1) is 0 Å². The second kappa shape index (κ2) is 17.6. The molecule has 15 rings (SSSR count). The summed E-state index contributed by atoms with van der Waals surface area (Å²) in [6.07, 6.45) is 0. The maximum Gasteiger partial charge on any atom is 0.179 e. The first-order valence-corrected chi connectivity index (χ1v) is 28.4. The Morgan fingerprint density at radius 1 is 0.276 bits per heavy atom. The summed E-state index contributed by atoms with van der Waals surface area (Å²) in [5.74, 6) is 0. The average Bonchev–Trinajstić information content (AvgIpc) is 4.21. The van der Waals surface area contributed by atoms with Gasteiger partial charge in [-0.05, 0) is 108 Å². The van der Waals surface area contributed by atoms with E-state index >= 15 is 0 Å². The standard InChI is InChI=1S/C73H50N2Si/c1-6-26-51(27-7-1)73(52-28-8-2-9-29-52)64-44-19-16-38-58(64)60-42-23-43-61(72(60)73)59-41-24-47-67-70(59)62-39-17-21-46-66(62)75(67)69-49-25-48-68-71(69)63-40-18-20-45-65(63)74(68)53-30-22-37-57(50-53)76(54-31-10-3-11-32-54,55-33-12-4-13-34-55)56-35-14-5-15-36-56/h1-50H. The monoisotopic (exact) mass is 982 g/mol. The molecule has 0 aliphatic heterocycles. The van der Waals surface area contributed by atoms with Crippen LogP contribution in [-0.2, 0) is 5.41 Å². The summed E-state index contributed by atoms with van der Waals surface area (Å²) in [6.45, 7) is 0. The average molecular weight is 983 g/mol. The molecule has 0 radical (unpaired) electrons.